The number of halogens is 1. The van der Waals surface area contributed by atoms with E-state index in [1.807, 2.05) is 6.92 Å². The predicted molar refractivity (Wildman–Crippen MR) is 87.2 cm³/mol. The summed E-state index contributed by atoms with van der Waals surface area (Å²) in [5.74, 6) is -0.246. The number of piperidine rings is 1. The Labute approximate surface area is 140 Å². The number of likely N-dealkylation sites (tertiary alicyclic amines) is 1. The normalized spacial score (nSPS) is 18.7. The molecule has 2 atom stereocenters. The average Bonchev–Trinajstić information content (AvgIpc) is 2.56. The van der Waals surface area contributed by atoms with Crippen LogP contribution in [0.2, 0.25) is 5.02 Å². The number of aryl methyl sites for hydroxylation is 1. The van der Waals surface area contributed by atoms with Gasteiger partial charge in [-0.15, -0.1) is 0 Å². The van der Waals surface area contributed by atoms with Crippen molar-refractivity contribution in [1.29, 1.82) is 0 Å². The number of benzene rings is 1. The lowest BCUT2D eigenvalue weighted by molar-refractivity contribution is -0.143. The Morgan fingerprint density at radius 2 is 2.04 bits per heavy atom. The second kappa shape index (κ2) is 7.49. The summed E-state index contributed by atoms with van der Waals surface area (Å²) in [5, 5.41) is 28.8. The van der Waals surface area contributed by atoms with Gasteiger partial charge in [0.25, 0.3) is 5.91 Å². The molecule has 0 radical (unpaired) electrons. The molecule has 2 rings (SSSR count). The van der Waals surface area contributed by atoms with Gasteiger partial charge in [0.2, 0.25) is 0 Å². The van der Waals surface area contributed by atoms with Gasteiger partial charge in [-0.05, 0) is 43.4 Å². The maximum Gasteiger partial charge on any atom is 0.253 e. The first-order chi connectivity index (χ1) is 10.8. The number of phenolic OH excluding ortho intramolecular Hbond substituents is 1. The largest absolute Gasteiger partial charge is 0.508 e. The van der Waals surface area contributed by atoms with Crippen LogP contribution in [0.4, 0.5) is 0 Å². The van der Waals surface area contributed by atoms with Crippen LogP contribution in [0.25, 0.3) is 0 Å². The highest BCUT2D eigenvalue weighted by Gasteiger charge is 2.30. The summed E-state index contributed by atoms with van der Waals surface area (Å²) in [6.45, 7) is 2.23. The number of hydrogen-bond donors (Lipinski definition) is 4. The summed E-state index contributed by atoms with van der Waals surface area (Å²) in [7, 11) is 0. The quantitative estimate of drug-likeness (QED) is 0.651. The summed E-state index contributed by atoms with van der Waals surface area (Å²) < 4.78 is 0. The van der Waals surface area contributed by atoms with E-state index in [0.717, 1.165) is 5.56 Å². The molecule has 1 amide bonds. The molecule has 1 aromatic carbocycles. The van der Waals surface area contributed by atoms with Crippen molar-refractivity contribution >= 4 is 17.5 Å². The minimum absolute atomic E-state index is 0.0855. The van der Waals surface area contributed by atoms with Gasteiger partial charge in [0.15, 0.2) is 6.10 Å². The molecule has 1 fully saturated rings. The van der Waals surface area contributed by atoms with Gasteiger partial charge in [-0.25, -0.2) is 0 Å². The monoisotopic (exact) mass is 342 g/mol. The number of carbonyl (C=O) groups is 1. The molecule has 23 heavy (non-hydrogen) atoms. The highest BCUT2D eigenvalue weighted by molar-refractivity contribution is 6.31. The van der Waals surface area contributed by atoms with Crippen LogP contribution in [0.5, 0.6) is 5.75 Å². The van der Waals surface area contributed by atoms with Crippen molar-refractivity contribution in [3.05, 3.63) is 28.3 Å². The number of aliphatic hydroxyl groups excluding tert-OH is 2. The minimum atomic E-state index is -1.36. The van der Waals surface area contributed by atoms with Crippen LogP contribution in [-0.4, -0.2) is 51.9 Å². The number of rotatable bonds is 4. The summed E-state index contributed by atoms with van der Waals surface area (Å²) in [6, 6.07) is 2.96. The van der Waals surface area contributed by atoms with Crippen LogP contribution in [0.1, 0.15) is 30.0 Å². The van der Waals surface area contributed by atoms with Crippen LogP contribution >= 0.6 is 11.6 Å². The van der Waals surface area contributed by atoms with E-state index in [1.54, 1.807) is 6.07 Å². The third-order valence-corrected chi connectivity index (χ3v) is 4.89. The van der Waals surface area contributed by atoms with Crippen molar-refractivity contribution in [2.45, 2.75) is 31.9 Å². The van der Waals surface area contributed by atoms with Crippen molar-refractivity contribution in [3.63, 3.8) is 0 Å². The van der Waals surface area contributed by atoms with Crippen LogP contribution in [0.15, 0.2) is 12.1 Å². The van der Waals surface area contributed by atoms with Crippen LogP contribution in [0, 0.1) is 12.8 Å². The molecule has 1 aromatic rings. The zero-order valence-electron chi connectivity index (χ0n) is 13.1. The van der Waals surface area contributed by atoms with Crippen LogP contribution < -0.4 is 5.73 Å². The van der Waals surface area contributed by atoms with E-state index >= 15 is 0 Å². The zero-order chi connectivity index (χ0) is 17.1. The second-order valence-corrected chi connectivity index (χ2v) is 6.45. The van der Waals surface area contributed by atoms with Gasteiger partial charge in [0.1, 0.15) is 5.75 Å². The molecule has 0 bridgehead atoms. The second-order valence-electron chi connectivity index (χ2n) is 6.05. The standard InChI is InChI=1S/C16H23ClN2O4/c1-9-6-11(13(21)7-12(9)17)15(18)10-2-4-19(5-3-10)16(23)14(22)8-20/h6-7,10,14-15,20-22H,2-5,8,18H2,1H3. The summed E-state index contributed by atoms with van der Waals surface area (Å²) in [6.07, 6.45) is -0.0126. The fraction of sp³-hybridized carbons (Fsp3) is 0.562. The lowest BCUT2D eigenvalue weighted by Gasteiger charge is -2.35. The fourth-order valence-electron chi connectivity index (χ4n) is 2.98. The van der Waals surface area contributed by atoms with Crippen molar-refractivity contribution in [2.75, 3.05) is 19.7 Å². The number of carbonyl (C=O) groups excluding carboxylic acids is 1. The lowest BCUT2D eigenvalue weighted by Crippen LogP contribution is -2.46. The van der Waals surface area contributed by atoms with Crippen molar-refractivity contribution in [2.24, 2.45) is 11.7 Å². The first kappa shape index (κ1) is 18.0. The summed E-state index contributed by atoms with van der Waals surface area (Å²) in [4.78, 5) is 13.4. The lowest BCUT2D eigenvalue weighted by atomic mass is 9.85. The molecule has 1 aliphatic heterocycles. The average molecular weight is 343 g/mol. The number of phenols is 1. The molecule has 5 N–H and O–H groups in total. The van der Waals surface area contributed by atoms with Gasteiger partial charge >= 0.3 is 0 Å². The number of hydrogen-bond acceptors (Lipinski definition) is 5. The molecule has 1 heterocycles. The smallest absolute Gasteiger partial charge is 0.253 e. The Kier molecular flexibility index (Phi) is 5.86. The fourth-order valence-corrected chi connectivity index (χ4v) is 3.14. The number of aliphatic hydroxyl groups is 2. The van der Waals surface area contributed by atoms with Gasteiger partial charge in [-0.2, -0.15) is 0 Å². The molecule has 1 aliphatic rings. The summed E-state index contributed by atoms with van der Waals surface area (Å²) >= 11 is 5.98. The first-order valence-corrected chi connectivity index (χ1v) is 8.05. The summed E-state index contributed by atoms with van der Waals surface area (Å²) in [5.41, 5.74) is 7.82. The number of nitrogens with zero attached hydrogens (tertiary/aromatic N) is 1. The van der Waals surface area contributed by atoms with E-state index in [4.69, 9.17) is 22.4 Å². The van der Waals surface area contributed by atoms with Gasteiger partial charge in [0.05, 0.1) is 6.61 Å². The third kappa shape index (κ3) is 3.95. The van der Waals surface area contributed by atoms with Crippen LogP contribution in [0.3, 0.4) is 0 Å². The van der Waals surface area contributed by atoms with E-state index in [0.29, 0.717) is 36.5 Å². The van der Waals surface area contributed by atoms with Crippen molar-refractivity contribution < 1.29 is 20.1 Å². The molecular formula is C16H23ClN2O4. The molecular weight excluding hydrogens is 320 g/mol. The molecule has 0 aromatic heterocycles. The van der Waals surface area contributed by atoms with E-state index in [9.17, 15) is 15.0 Å². The van der Waals surface area contributed by atoms with E-state index < -0.39 is 18.6 Å². The molecule has 0 spiro atoms. The van der Waals surface area contributed by atoms with Gasteiger partial charge < -0.3 is 26.0 Å². The predicted octanol–water partition coefficient (Wildman–Crippen LogP) is 0.946. The van der Waals surface area contributed by atoms with Gasteiger partial charge in [-0.3, -0.25) is 4.79 Å². The third-order valence-electron chi connectivity index (χ3n) is 4.48. The van der Waals surface area contributed by atoms with Gasteiger partial charge in [-0.1, -0.05) is 11.6 Å². The maximum atomic E-state index is 11.8. The Bertz CT molecular complexity index is 573. The molecule has 0 saturated carbocycles. The Morgan fingerprint density at radius 1 is 1.43 bits per heavy atom. The van der Waals surface area contributed by atoms with E-state index in [2.05, 4.69) is 0 Å². The first-order valence-electron chi connectivity index (χ1n) is 7.67. The van der Waals surface area contributed by atoms with Crippen molar-refractivity contribution in [1.82, 2.24) is 4.90 Å². The highest BCUT2D eigenvalue weighted by Crippen LogP contribution is 2.36. The number of amides is 1. The number of nitrogens with two attached hydrogens (primary N) is 1. The molecule has 128 valence electrons. The Morgan fingerprint density at radius 3 is 2.61 bits per heavy atom. The SMILES string of the molecule is Cc1cc(C(N)C2CCN(C(=O)C(O)CO)CC2)c(O)cc1Cl. The van der Waals surface area contributed by atoms with Gasteiger partial charge in [0, 0.05) is 29.7 Å². The zero-order valence-corrected chi connectivity index (χ0v) is 13.8. The maximum absolute atomic E-state index is 11.8. The van der Waals surface area contributed by atoms with Crippen molar-refractivity contribution in [3.8, 4) is 5.75 Å². The Hall–Kier alpha value is -1.34. The Balaban J connectivity index is 2.03. The number of aromatic hydroxyl groups is 1. The highest BCUT2D eigenvalue weighted by atomic mass is 35.5. The molecule has 7 heteroatoms. The molecule has 0 aliphatic carbocycles. The minimum Gasteiger partial charge on any atom is -0.508 e. The van der Waals surface area contributed by atoms with E-state index in [1.165, 1.54) is 11.0 Å². The molecule has 6 nitrogen and oxygen atoms in total. The van der Waals surface area contributed by atoms with Crippen LogP contribution in [-0.2, 0) is 4.79 Å². The molecule has 1 saturated heterocycles. The van der Waals surface area contributed by atoms with E-state index in [-0.39, 0.29) is 17.7 Å². The topological polar surface area (TPSA) is 107 Å². The molecule has 2 unspecified atom stereocenters.